The van der Waals surface area contributed by atoms with Crippen LogP contribution in [-0.2, 0) is 0 Å². The maximum Gasteiger partial charge on any atom is 0.166 e. The lowest BCUT2D eigenvalue weighted by Crippen LogP contribution is -1.88. The summed E-state index contributed by atoms with van der Waals surface area (Å²) in [5.41, 5.74) is 0.525. The molecule has 3 heteroatoms. The molecule has 0 aliphatic rings. The number of halogens is 2. The van der Waals surface area contributed by atoms with E-state index in [0.717, 1.165) is 6.07 Å². The zero-order valence-electron chi connectivity index (χ0n) is 10.2. The van der Waals surface area contributed by atoms with Crippen molar-refractivity contribution in [3.05, 3.63) is 41.5 Å². The average molecular weight is 238 g/mol. The van der Waals surface area contributed by atoms with Crippen LogP contribution in [0, 0.1) is 18.6 Å². The van der Waals surface area contributed by atoms with Crippen LogP contribution in [0.4, 0.5) is 8.78 Å². The van der Waals surface area contributed by atoms with Gasteiger partial charge in [-0.15, -0.1) is 0 Å². The lowest BCUT2D eigenvalue weighted by molar-refractivity contribution is 0.475. The zero-order chi connectivity index (χ0) is 13.0. The van der Waals surface area contributed by atoms with Gasteiger partial charge in [-0.2, -0.15) is 0 Å². The molecule has 0 spiro atoms. The van der Waals surface area contributed by atoms with E-state index < -0.39 is 11.6 Å². The van der Waals surface area contributed by atoms with E-state index in [4.69, 9.17) is 0 Å². The summed E-state index contributed by atoms with van der Waals surface area (Å²) in [6, 6.07) is 5.31. The quantitative estimate of drug-likeness (QED) is 0.714. The molecule has 0 fully saturated rings. The van der Waals surface area contributed by atoms with Gasteiger partial charge >= 0.3 is 0 Å². The van der Waals surface area contributed by atoms with Gasteiger partial charge in [-0.05, 0) is 36.1 Å². The van der Waals surface area contributed by atoms with Gasteiger partial charge in [-0.1, -0.05) is 26.3 Å². The van der Waals surface area contributed by atoms with E-state index in [1.54, 1.807) is 6.92 Å². The normalized spacial score (nSPS) is 9.94. The van der Waals surface area contributed by atoms with Crippen LogP contribution in [0.15, 0.2) is 24.3 Å². The van der Waals surface area contributed by atoms with Gasteiger partial charge in [0.05, 0.1) is 0 Å². The van der Waals surface area contributed by atoms with Gasteiger partial charge in [0.2, 0.25) is 0 Å². The molecule has 1 N–H and O–H groups in total. The molecule has 0 aliphatic heterocycles. The lowest BCUT2D eigenvalue weighted by Gasteiger charge is -2.05. The van der Waals surface area contributed by atoms with Crippen molar-refractivity contribution in [2.24, 2.45) is 0 Å². The molecule has 0 aromatic heterocycles. The van der Waals surface area contributed by atoms with Crippen LogP contribution in [0.2, 0.25) is 0 Å². The second-order valence-corrected chi connectivity index (χ2v) is 3.93. The first-order valence-corrected chi connectivity index (χ1v) is 5.58. The van der Waals surface area contributed by atoms with Crippen LogP contribution < -0.4 is 0 Å². The summed E-state index contributed by atoms with van der Waals surface area (Å²) in [5, 5.41) is 9.98. The van der Waals surface area contributed by atoms with Crippen LogP contribution in [0.1, 0.15) is 25.8 Å². The largest absolute Gasteiger partial charge is 0.508 e. The van der Waals surface area contributed by atoms with Crippen molar-refractivity contribution in [1.82, 2.24) is 0 Å². The number of hydrogen-bond donors (Lipinski definition) is 1. The van der Waals surface area contributed by atoms with Gasteiger partial charge < -0.3 is 5.11 Å². The van der Waals surface area contributed by atoms with Crippen LogP contribution in [0.3, 0.4) is 0 Å². The van der Waals surface area contributed by atoms with Crippen molar-refractivity contribution < 1.29 is 13.9 Å². The highest BCUT2D eigenvalue weighted by molar-refractivity contribution is 5.87. The molecular weight excluding hydrogens is 222 g/mol. The first-order chi connectivity index (χ1) is 8.01. The molecule has 2 aromatic rings. The first kappa shape index (κ1) is 13.4. The van der Waals surface area contributed by atoms with Crippen LogP contribution in [-0.4, -0.2) is 5.11 Å². The zero-order valence-corrected chi connectivity index (χ0v) is 10.2. The highest BCUT2D eigenvalue weighted by Gasteiger charge is 2.09. The van der Waals surface area contributed by atoms with Crippen LogP contribution in [0.5, 0.6) is 5.75 Å². The Balaban J connectivity index is 0.000000437. The van der Waals surface area contributed by atoms with Gasteiger partial charge in [-0.25, -0.2) is 8.78 Å². The van der Waals surface area contributed by atoms with Gasteiger partial charge in [0.15, 0.2) is 11.6 Å². The van der Waals surface area contributed by atoms with E-state index >= 15 is 0 Å². The molecule has 2 rings (SSSR count). The third-order valence-electron chi connectivity index (χ3n) is 2.19. The average Bonchev–Trinajstić information content (AvgIpc) is 2.24. The van der Waals surface area contributed by atoms with Crippen molar-refractivity contribution in [1.29, 1.82) is 0 Å². The fourth-order valence-electron chi connectivity index (χ4n) is 1.58. The number of rotatable bonds is 0. The molecule has 0 atom stereocenters. The molecule has 0 heterocycles. The monoisotopic (exact) mass is 238 g/mol. The molecule has 2 aromatic carbocycles. The Morgan fingerprint density at radius 3 is 2.29 bits per heavy atom. The molecule has 0 saturated heterocycles. The maximum absolute atomic E-state index is 13.3. The Morgan fingerprint density at radius 2 is 1.71 bits per heavy atom. The SMILES string of the molecule is CCC.Cc1cc(O)cc2ccc(F)c(F)c12. The Kier molecular flexibility index (Phi) is 4.44. The van der Waals surface area contributed by atoms with E-state index in [9.17, 15) is 13.9 Å². The summed E-state index contributed by atoms with van der Waals surface area (Å²) in [6.45, 7) is 5.88. The maximum atomic E-state index is 13.3. The third-order valence-corrected chi connectivity index (χ3v) is 2.19. The second kappa shape index (κ2) is 5.62. The Bertz CT molecular complexity index is 521. The molecular formula is C14H16F2O. The lowest BCUT2D eigenvalue weighted by atomic mass is 10.0. The van der Waals surface area contributed by atoms with E-state index in [1.165, 1.54) is 24.6 Å². The number of fused-ring (bicyclic) bond motifs is 1. The molecule has 0 bridgehead atoms. The number of hydrogen-bond acceptors (Lipinski definition) is 1. The summed E-state index contributed by atoms with van der Waals surface area (Å²) in [7, 11) is 0. The molecule has 0 amide bonds. The van der Waals surface area contributed by atoms with Gasteiger partial charge in [-0.3, -0.25) is 0 Å². The van der Waals surface area contributed by atoms with Crippen molar-refractivity contribution >= 4 is 10.8 Å². The first-order valence-electron chi connectivity index (χ1n) is 5.58. The molecule has 0 radical (unpaired) electrons. The van der Waals surface area contributed by atoms with E-state index in [1.807, 2.05) is 0 Å². The minimum absolute atomic E-state index is 0.0565. The standard InChI is InChI=1S/C11H8F2O.C3H8/c1-6-4-8(14)5-7-2-3-9(12)11(13)10(6)7;1-3-2/h2-5,14H,1H3;3H2,1-2H3. The van der Waals surface area contributed by atoms with Gasteiger partial charge in [0.25, 0.3) is 0 Å². The smallest absolute Gasteiger partial charge is 0.166 e. The topological polar surface area (TPSA) is 20.2 Å². The fraction of sp³-hybridized carbons (Fsp3) is 0.286. The molecule has 0 saturated carbocycles. The van der Waals surface area contributed by atoms with Crippen molar-refractivity contribution in [3.8, 4) is 5.75 Å². The van der Waals surface area contributed by atoms with Crippen molar-refractivity contribution in [2.45, 2.75) is 27.2 Å². The Hall–Kier alpha value is -1.64. The minimum atomic E-state index is -0.869. The number of phenolic OH excluding ortho intramolecular Hbond substituents is 1. The van der Waals surface area contributed by atoms with Crippen LogP contribution >= 0.6 is 0 Å². The Morgan fingerprint density at radius 1 is 1.12 bits per heavy atom. The Labute approximate surface area is 99.7 Å². The van der Waals surface area contributed by atoms with Crippen LogP contribution in [0.25, 0.3) is 10.8 Å². The van der Waals surface area contributed by atoms with E-state index in [2.05, 4.69) is 13.8 Å². The highest BCUT2D eigenvalue weighted by Crippen LogP contribution is 2.27. The van der Waals surface area contributed by atoms with E-state index in [0.29, 0.717) is 10.9 Å². The fourth-order valence-corrected chi connectivity index (χ4v) is 1.58. The molecule has 1 nitrogen and oxygen atoms in total. The number of benzene rings is 2. The molecule has 0 unspecified atom stereocenters. The summed E-state index contributed by atoms with van der Waals surface area (Å²) < 4.78 is 26.2. The molecule has 0 aliphatic carbocycles. The minimum Gasteiger partial charge on any atom is -0.508 e. The predicted octanol–water partition coefficient (Wildman–Crippen LogP) is 4.55. The third kappa shape index (κ3) is 2.93. The summed E-state index contributed by atoms with van der Waals surface area (Å²) >= 11 is 0. The van der Waals surface area contributed by atoms with Crippen molar-refractivity contribution in [3.63, 3.8) is 0 Å². The molecule has 92 valence electrons. The summed E-state index contributed by atoms with van der Waals surface area (Å²) in [5.74, 6) is -1.67. The summed E-state index contributed by atoms with van der Waals surface area (Å²) in [4.78, 5) is 0. The van der Waals surface area contributed by atoms with Gasteiger partial charge in [0, 0.05) is 5.39 Å². The van der Waals surface area contributed by atoms with Gasteiger partial charge in [0.1, 0.15) is 5.75 Å². The second-order valence-electron chi connectivity index (χ2n) is 3.93. The molecule has 17 heavy (non-hydrogen) atoms. The van der Waals surface area contributed by atoms with E-state index in [-0.39, 0.29) is 11.1 Å². The number of phenols is 1. The highest BCUT2D eigenvalue weighted by atomic mass is 19.2. The predicted molar refractivity (Wildman–Crippen MR) is 66.2 cm³/mol. The number of aryl methyl sites for hydroxylation is 1. The van der Waals surface area contributed by atoms with Crippen molar-refractivity contribution in [2.75, 3.05) is 0 Å². The number of aromatic hydroxyl groups is 1. The summed E-state index contributed by atoms with van der Waals surface area (Å²) in [6.07, 6.45) is 1.25.